The van der Waals surface area contributed by atoms with Gasteiger partial charge in [-0.25, -0.2) is 0 Å². The lowest BCUT2D eigenvalue weighted by atomic mass is 9.93. The first kappa shape index (κ1) is 25.0. The van der Waals surface area contributed by atoms with Crippen molar-refractivity contribution >= 4 is 16.9 Å². The van der Waals surface area contributed by atoms with Gasteiger partial charge in [0.25, 0.3) is 0 Å². The van der Waals surface area contributed by atoms with Gasteiger partial charge in [0.15, 0.2) is 0 Å². The lowest BCUT2D eigenvalue weighted by molar-refractivity contribution is 0.788. The molecule has 5 aromatic rings. The molecule has 0 amide bonds. The molecule has 1 nitrogen and oxygen atoms in total. The summed E-state index contributed by atoms with van der Waals surface area (Å²) in [7, 11) is 0. The van der Waals surface area contributed by atoms with Gasteiger partial charge in [0.05, 0.1) is 0 Å². The number of hydrogen-bond acceptors (Lipinski definition) is 1. The van der Waals surface area contributed by atoms with Crippen molar-refractivity contribution in [3.8, 4) is 33.4 Å². The zero-order chi connectivity index (χ0) is 26.5. The summed E-state index contributed by atoms with van der Waals surface area (Å²) in [6.07, 6.45) is 1.82. The number of rotatable bonds is 8. The van der Waals surface area contributed by atoms with Crippen LogP contribution < -0.4 is 4.90 Å². The minimum absolute atomic E-state index is 0.273. The highest BCUT2D eigenvalue weighted by molar-refractivity contribution is 5.86. The van der Waals surface area contributed by atoms with E-state index in [-0.39, 0.29) is 6.04 Å². The second-order valence-corrected chi connectivity index (χ2v) is 9.75. The molecule has 0 unspecified atom stereocenters. The molecule has 5 rings (SSSR count). The van der Waals surface area contributed by atoms with Gasteiger partial charge in [-0.15, -0.1) is 0 Å². The van der Waals surface area contributed by atoms with Crippen LogP contribution in [0.5, 0.6) is 0 Å². The summed E-state index contributed by atoms with van der Waals surface area (Å²) in [6, 6.07) is 45.6. The van der Waals surface area contributed by atoms with E-state index >= 15 is 0 Å². The van der Waals surface area contributed by atoms with Crippen LogP contribution in [0.4, 0.5) is 11.4 Å². The molecule has 1 heteroatoms. The third kappa shape index (κ3) is 5.10. The summed E-state index contributed by atoms with van der Waals surface area (Å²) >= 11 is 0. The fraction of sp³-hybridized carbons (Fsp3) is 0.0811. The molecule has 0 atom stereocenters. The van der Waals surface area contributed by atoms with Crippen LogP contribution >= 0.6 is 0 Å². The third-order valence-corrected chi connectivity index (χ3v) is 6.96. The fourth-order valence-corrected chi connectivity index (χ4v) is 5.04. The lowest BCUT2D eigenvalue weighted by Crippen LogP contribution is -2.26. The molecule has 0 aliphatic heterocycles. The number of hydrogen-bond donors (Lipinski definition) is 0. The molecule has 5 aromatic carbocycles. The highest BCUT2D eigenvalue weighted by Gasteiger charge is 2.17. The van der Waals surface area contributed by atoms with Gasteiger partial charge < -0.3 is 4.90 Å². The number of anilines is 2. The maximum Gasteiger partial charge on any atom is 0.0492 e. The van der Waals surface area contributed by atoms with Gasteiger partial charge in [-0.05, 0) is 71.0 Å². The number of para-hydroxylation sites is 1. The molecule has 0 saturated carbocycles. The Labute approximate surface area is 227 Å². The van der Waals surface area contributed by atoms with E-state index in [1.165, 1.54) is 33.4 Å². The second kappa shape index (κ2) is 11.2. The largest absolute Gasteiger partial charge is 0.338 e. The van der Waals surface area contributed by atoms with Crippen molar-refractivity contribution in [3.63, 3.8) is 0 Å². The molecule has 186 valence electrons. The number of benzene rings is 5. The third-order valence-electron chi connectivity index (χ3n) is 6.96. The van der Waals surface area contributed by atoms with Gasteiger partial charge in [0.1, 0.15) is 0 Å². The maximum absolute atomic E-state index is 4.21. The highest BCUT2D eigenvalue weighted by Crippen LogP contribution is 2.37. The van der Waals surface area contributed by atoms with Gasteiger partial charge >= 0.3 is 0 Å². The highest BCUT2D eigenvalue weighted by atomic mass is 15.2. The minimum Gasteiger partial charge on any atom is -0.338 e. The number of allylic oxidation sites excluding steroid dienone is 2. The van der Waals surface area contributed by atoms with Gasteiger partial charge in [0, 0.05) is 23.0 Å². The van der Waals surface area contributed by atoms with Crippen LogP contribution in [0.2, 0.25) is 0 Å². The van der Waals surface area contributed by atoms with E-state index in [4.69, 9.17) is 0 Å². The molecule has 0 fully saturated rings. The minimum atomic E-state index is 0.273. The molecule has 38 heavy (non-hydrogen) atoms. The Morgan fingerprint density at radius 2 is 1.05 bits per heavy atom. The molecule has 0 saturated heterocycles. The van der Waals surface area contributed by atoms with E-state index in [2.05, 4.69) is 159 Å². The Kier molecular flexibility index (Phi) is 7.38. The Morgan fingerprint density at radius 3 is 1.63 bits per heavy atom. The van der Waals surface area contributed by atoms with Crippen LogP contribution in [-0.4, -0.2) is 6.04 Å². The molecule has 0 radical (unpaired) electrons. The van der Waals surface area contributed by atoms with Crippen LogP contribution in [0.15, 0.2) is 147 Å². The van der Waals surface area contributed by atoms with E-state index in [9.17, 15) is 0 Å². The van der Waals surface area contributed by atoms with Crippen LogP contribution in [0.1, 0.15) is 19.4 Å². The zero-order valence-corrected chi connectivity index (χ0v) is 22.1. The average molecular weight is 492 g/mol. The summed E-state index contributed by atoms with van der Waals surface area (Å²) in [5, 5.41) is 0. The molecule has 0 aliphatic carbocycles. The topological polar surface area (TPSA) is 3.24 Å². The van der Waals surface area contributed by atoms with E-state index in [1.807, 2.05) is 6.08 Å². The van der Waals surface area contributed by atoms with Crippen molar-refractivity contribution in [1.82, 2.24) is 0 Å². The van der Waals surface area contributed by atoms with Gasteiger partial charge in [-0.2, -0.15) is 0 Å². The number of nitrogens with zero attached hydrogens (tertiary/aromatic N) is 1. The van der Waals surface area contributed by atoms with Crippen molar-refractivity contribution in [2.45, 2.75) is 19.9 Å². The van der Waals surface area contributed by atoms with Crippen LogP contribution in [0, 0.1) is 0 Å². The Hall–Kier alpha value is -4.62. The molecular weight excluding hydrogens is 458 g/mol. The average Bonchev–Trinajstić information content (AvgIpc) is 2.98. The van der Waals surface area contributed by atoms with E-state index in [0.717, 1.165) is 22.5 Å². The van der Waals surface area contributed by atoms with Crippen molar-refractivity contribution in [2.75, 3.05) is 4.90 Å². The summed E-state index contributed by atoms with van der Waals surface area (Å²) in [5.41, 5.74) is 11.6. The first-order chi connectivity index (χ1) is 18.6. The van der Waals surface area contributed by atoms with Crippen molar-refractivity contribution < 1.29 is 0 Å². The van der Waals surface area contributed by atoms with Gasteiger partial charge in [0.2, 0.25) is 0 Å². The second-order valence-electron chi connectivity index (χ2n) is 9.75. The van der Waals surface area contributed by atoms with E-state index in [1.54, 1.807) is 0 Å². The van der Waals surface area contributed by atoms with Gasteiger partial charge in [-0.1, -0.05) is 128 Å². The van der Waals surface area contributed by atoms with Crippen LogP contribution in [0.3, 0.4) is 0 Å². The normalized spacial score (nSPS) is 10.8. The summed E-state index contributed by atoms with van der Waals surface area (Å²) in [4.78, 5) is 2.36. The van der Waals surface area contributed by atoms with Crippen molar-refractivity contribution in [2.24, 2.45) is 0 Å². The van der Waals surface area contributed by atoms with Crippen LogP contribution in [-0.2, 0) is 0 Å². The first-order valence-electron chi connectivity index (χ1n) is 13.1. The van der Waals surface area contributed by atoms with Gasteiger partial charge in [-0.3, -0.25) is 0 Å². The van der Waals surface area contributed by atoms with Crippen molar-refractivity contribution in [3.05, 3.63) is 152 Å². The zero-order valence-electron chi connectivity index (χ0n) is 22.1. The quantitative estimate of drug-likeness (QED) is 0.195. The molecule has 0 N–H and O–H groups in total. The Morgan fingerprint density at radius 1 is 0.579 bits per heavy atom. The molecule has 0 spiro atoms. The molecule has 0 aromatic heterocycles. The monoisotopic (exact) mass is 491 g/mol. The van der Waals surface area contributed by atoms with Crippen molar-refractivity contribution in [1.29, 1.82) is 0 Å². The predicted molar refractivity (Wildman–Crippen MR) is 166 cm³/mol. The molecule has 0 bridgehead atoms. The Bertz CT molecular complexity index is 1540. The first-order valence-corrected chi connectivity index (χ1v) is 13.1. The maximum atomic E-state index is 4.21. The predicted octanol–water partition coefficient (Wildman–Crippen LogP) is 10.4. The summed E-state index contributed by atoms with van der Waals surface area (Å²) < 4.78 is 0. The summed E-state index contributed by atoms with van der Waals surface area (Å²) in [5.74, 6) is 0. The van der Waals surface area contributed by atoms with E-state index < -0.39 is 0 Å². The summed E-state index contributed by atoms with van der Waals surface area (Å²) in [6.45, 7) is 12.6. The lowest BCUT2D eigenvalue weighted by Gasteiger charge is -2.31. The smallest absolute Gasteiger partial charge is 0.0492 e. The molecule has 0 heterocycles. The Balaban J connectivity index is 1.49. The SMILES string of the molecule is C=CC(=C)c1ccccc1N(c1ccc(-c2ccccc2-c2ccc(-c3ccccc3)cc2)cc1)C(C)C. The molecule has 0 aliphatic rings. The van der Waals surface area contributed by atoms with E-state index in [0.29, 0.717) is 0 Å². The molecular formula is C37H33N. The van der Waals surface area contributed by atoms with Crippen LogP contribution in [0.25, 0.3) is 39.0 Å². The fourth-order valence-electron chi connectivity index (χ4n) is 5.04. The standard InChI is InChI=1S/C37H33N/c1-5-28(4)34-15-11-12-18-37(34)38(27(2)3)33-25-23-32(24-26-33)36-17-10-9-16-35(36)31-21-19-30(20-22-31)29-13-7-6-8-14-29/h5-27H,1,4H2,2-3H3.